The van der Waals surface area contributed by atoms with E-state index < -0.39 is 0 Å². The van der Waals surface area contributed by atoms with E-state index in [-0.39, 0.29) is 23.7 Å². The van der Waals surface area contributed by atoms with Gasteiger partial charge in [-0.25, -0.2) is 0 Å². The summed E-state index contributed by atoms with van der Waals surface area (Å²) in [6.45, 7) is 2.94. The summed E-state index contributed by atoms with van der Waals surface area (Å²) < 4.78 is 0. The fraction of sp³-hybridized carbons (Fsp3) is 0.391. The van der Waals surface area contributed by atoms with E-state index in [9.17, 15) is 9.59 Å². The average Bonchev–Trinajstić information content (AvgIpc) is 3.13. The second kappa shape index (κ2) is 6.97. The number of nitrogens with one attached hydrogen (secondary N) is 1. The number of amides is 2. The molecular weight excluding hydrogens is 350 g/mol. The number of carbonyl (C=O) groups excluding carboxylic acids is 2. The van der Waals surface area contributed by atoms with Crippen molar-refractivity contribution in [3.05, 3.63) is 54.1 Å². The van der Waals surface area contributed by atoms with Gasteiger partial charge in [-0.2, -0.15) is 0 Å². The molecule has 5 rings (SSSR count). The van der Waals surface area contributed by atoms with Crippen LogP contribution in [-0.2, 0) is 16.0 Å². The van der Waals surface area contributed by atoms with E-state index in [2.05, 4.69) is 28.4 Å². The number of fused-ring (bicyclic) bond motifs is 1. The summed E-state index contributed by atoms with van der Waals surface area (Å²) in [5.74, 6) is -0.345. The fourth-order valence-electron chi connectivity index (χ4n) is 4.49. The average molecular weight is 375 g/mol. The number of rotatable bonds is 4. The van der Waals surface area contributed by atoms with Gasteiger partial charge in [0.25, 0.3) is 0 Å². The van der Waals surface area contributed by atoms with Crippen LogP contribution in [0.2, 0.25) is 0 Å². The van der Waals surface area contributed by atoms with E-state index >= 15 is 0 Å². The predicted octanol–water partition coefficient (Wildman–Crippen LogP) is 3.45. The van der Waals surface area contributed by atoms with E-state index in [0.717, 1.165) is 37.4 Å². The van der Waals surface area contributed by atoms with Crippen molar-refractivity contribution in [2.75, 3.05) is 34.8 Å². The first kappa shape index (κ1) is 17.3. The highest BCUT2D eigenvalue weighted by Crippen LogP contribution is 2.43. The Labute approximate surface area is 165 Å². The minimum atomic E-state index is -0.210. The number of para-hydroxylation sites is 1. The Balaban J connectivity index is 1.19. The molecule has 5 nitrogen and oxygen atoms in total. The molecule has 144 valence electrons. The van der Waals surface area contributed by atoms with Gasteiger partial charge >= 0.3 is 0 Å². The van der Waals surface area contributed by atoms with E-state index in [1.54, 1.807) is 0 Å². The van der Waals surface area contributed by atoms with Crippen molar-refractivity contribution in [3.63, 3.8) is 0 Å². The van der Waals surface area contributed by atoms with Crippen LogP contribution < -0.4 is 15.1 Å². The second-order valence-electron chi connectivity index (χ2n) is 8.05. The first-order valence-electron chi connectivity index (χ1n) is 10.3. The predicted molar refractivity (Wildman–Crippen MR) is 111 cm³/mol. The van der Waals surface area contributed by atoms with Gasteiger partial charge in [0.1, 0.15) is 0 Å². The van der Waals surface area contributed by atoms with Gasteiger partial charge in [0, 0.05) is 36.7 Å². The molecule has 2 aromatic rings. The van der Waals surface area contributed by atoms with E-state index in [1.165, 1.54) is 24.1 Å². The SMILES string of the molecule is O=C(Nc1ccc(N2CCCC2)cc1)C1CC1C(=O)N1CCc2ccccc21. The Bertz CT molecular complexity index is 902. The summed E-state index contributed by atoms with van der Waals surface area (Å²) >= 11 is 0. The molecule has 1 aliphatic carbocycles. The Kier molecular flexibility index (Phi) is 4.30. The van der Waals surface area contributed by atoms with Gasteiger partial charge in [0.2, 0.25) is 11.8 Å². The van der Waals surface area contributed by atoms with E-state index in [1.807, 2.05) is 35.2 Å². The quantitative estimate of drug-likeness (QED) is 0.891. The summed E-state index contributed by atoms with van der Waals surface area (Å²) in [5, 5.41) is 2.99. The maximum atomic E-state index is 12.9. The van der Waals surface area contributed by atoms with Gasteiger partial charge in [0.05, 0.1) is 11.8 Å². The normalized spacial score (nSPS) is 22.9. The number of hydrogen-bond donors (Lipinski definition) is 1. The number of anilines is 3. The molecular formula is C23H25N3O2. The molecule has 2 aliphatic heterocycles. The summed E-state index contributed by atoms with van der Waals surface area (Å²) in [4.78, 5) is 29.7. The minimum Gasteiger partial charge on any atom is -0.372 e. The molecule has 0 spiro atoms. The van der Waals surface area contributed by atoms with Crippen molar-refractivity contribution in [1.82, 2.24) is 0 Å². The van der Waals surface area contributed by atoms with Crippen LogP contribution in [0, 0.1) is 11.8 Å². The Morgan fingerprint density at radius 1 is 0.893 bits per heavy atom. The highest BCUT2D eigenvalue weighted by molar-refractivity contribution is 6.05. The second-order valence-corrected chi connectivity index (χ2v) is 8.05. The lowest BCUT2D eigenvalue weighted by molar-refractivity contribution is -0.123. The zero-order valence-corrected chi connectivity index (χ0v) is 15.9. The van der Waals surface area contributed by atoms with Gasteiger partial charge in [0.15, 0.2) is 0 Å². The van der Waals surface area contributed by atoms with Crippen molar-refractivity contribution in [2.24, 2.45) is 11.8 Å². The monoisotopic (exact) mass is 375 g/mol. The van der Waals surface area contributed by atoms with Crippen LogP contribution >= 0.6 is 0 Å². The van der Waals surface area contributed by atoms with Gasteiger partial charge in [-0.05, 0) is 61.6 Å². The maximum absolute atomic E-state index is 12.9. The smallest absolute Gasteiger partial charge is 0.230 e. The first-order valence-corrected chi connectivity index (χ1v) is 10.3. The van der Waals surface area contributed by atoms with Crippen molar-refractivity contribution >= 4 is 28.9 Å². The largest absolute Gasteiger partial charge is 0.372 e. The van der Waals surface area contributed by atoms with Crippen LogP contribution in [0.25, 0.3) is 0 Å². The van der Waals surface area contributed by atoms with Gasteiger partial charge in [-0.1, -0.05) is 18.2 Å². The van der Waals surface area contributed by atoms with E-state index in [4.69, 9.17) is 0 Å². The lowest BCUT2D eigenvalue weighted by atomic mass is 10.2. The van der Waals surface area contributed by atoms with Crippen LogP contribution in [0.15, 0.2) is 48.5 Å². The number of carbonyl (C=O) groups is 2. The number of nitrogens with zero attached hydrogens (tertiary/aromatic N) is 2. The highest BCUT2D eigenvalue weighted by atomic mass is 16.2. The Morgan fingerprint density at radius 3 is 2.43 bits per heavy atom. The number of hydrogen-bond acceptors (Lipinski definition) is 3. The summed E-state index contributed by atoms with van der Waals surface area (Å²) in [6.07, 6.45) is 4.04. The Hall–Kier alpha value is -2.82. The van der Waals surface area contributed by atoms with Gasteiger partial charge in [-0.15, -0.1) is 0 Å². The molecule has 0 aromatic heterocycles. The summed E-state index contributed by atoms with van der Waals surface area (Å²) in [5.41, 5.74) is 4.24. The molecule has 2 amide bonds. The third-order valence-electron chi connectivity index (χ3n) is 6.20. The molecule has 0 bridgehead atoms. The van der Waals surface area contributed by atoms with Gasteiger partial charge < -0.3 is 15.1 Å². The van der Waals surface area contributed by atoms with Crippen molar-refractivity contribution in [3.8, 4) is 0 Å². The van der Waals surface area contributed by atoms with Crippen molar-refractivity contribution in [2.45, 2.75) is 25.7 Å². The molecule has 2 atom stereocenters. The first-order chi connectivity index (χ1) is 13.7. The summed E-state index contributed by atoms with van der Waals surface area (Å²) in [7, 11) is 0. The van der Waals surface area contributed by atoms with Crippen LogP contribution in [0.3, 0.4) is 0 Å². The van der Waals surface area contributed by atoms with Gasteiger partial charge in [-0.3, -0.25) is 9.59 Å². The maximum Gasteiger partial charge on any atom is 0.230 e. The molecule has 2 aromatic carbocycles. The lowest BCUT2D eigenvalue weighted by Gasteiger charge is -2.18. The standard InChI is InChI=1S/C23H25N3O2/c27-22(24-17-7-9-18(10-8-17)25-12-3-4-13-25)19-15-20(19)23(28)26-14-11-16-5-1-2-6-21(16)26/h1-2,5-10,19-20H,3-4,11-15H2,(H,24,27). The van der Waals surface area contributed by atoms with Crippen LogP contribution in [-0.4, -0.2) is 31.4 Å². The van der Waals surface area contributed by atoms with E-state index in [0.29, 0.717) is 6.42 Å². The molecule has 2 fully saturated rings. The minimum absolute atomic E-state index is 0.0419. The van der Waals surface area contributed by atoms with Crippen LogP contribution in [0.1, 0.15) is 24.8 Å². The zero-order valence-electron chi connectivity index (χ0n) is 15.9. The molecule has 1 N–H and O–H groups in total. The fourth-order valence-corrected chi connectivity index (χ4v) is 4.49. The zero-order chi connectivity index (χ0) is 19.1. The molecule has 3 aliphatic rings. The molecule has 5 heteroatoms. The molecule has 1 saturated carbocycles. The molecule has 2 unspecified atom stereocenters. The van der Waals surface area contributed by atoms with Crippen molar-refractivity contribution < 1.29 is 9.59 Å². The lowest BCUT2D eigenvalue weighted by Crippen LogP contribution is -2.31. The van der Waals surface area contributed by atoms with Crippen LogP contribution in [0.5, 0.6) is 0 Å². The van der Waals surface area contributed by atoms with Crippen LogP contribution in [0.4, 0.5) is 17.1 Å². The van der Waals surface area contributed by atoms with Crippen molar-refractivity contribution in [1.29, 1.82) is 0 Å². The molecule has 1 saturated heterocycles. The Morgan fingerprint density at radius 2 is 1.64 bits per heavy atom. The summed E-state index contributed by atoms with van der Waals surface area (Å²) in [6, 6.07) is 16.1. The third-order valence-corrected chi connectivity index (χ3v) is 6.20. The molecule has 2 heterocycles. The highest BCUT2D eigenvalue weighted by Gasteiger charge is 2.50. The third kappa shape index (κ3) is 3.15. The molecule has 28 heavy (non-hydrogen) atoms. The molecule has 0 radical (unpaired) electrons. The number of benzene rings is 2. The topological polar surface area (TPSA) is 52.7 Å².